The van der Waals surface area contributed by atoms with E-state index in [9.17, 15) is 6.48 Å². The number of para-hydroxylation sites is 2. The van der Waals surface area contributed by atoms with Gasteiger partial charge in [-0.15, -0.1) is 29.3 Å². The van der Waals surface area contributed by atoms with Crippen molar-refractivity contribution in [2.45, 2.75) is 65.6 Å². The number of rotatable bonds is 9. The molecule has 63 heavy (non-hydrogen) atoms. The van der Waals surface area contributed by atoms with Crippen molar-refractivity contribution < 1.29 is 31.7 Å². The molecule has 5 heteroatoms. The van der Waals surface area contributed by atoms with Crippen LogP contribution in [0.1, 0.15) is 86.7 Å². The zero-order chi connectivity index (χ0) is 46.5. The predicted molar refractivity (Wildman–Crippen MR) is 258 cm³/mol. The summed E-state index contributed by atoms with van der Waals surface area (Å²) in [6.07, 6.45) is 1.46. The molecule has 316 valence electrons. The first-order valence-electron chi connectivity index (χ1n) is 23.2. The molecule has 0 spiro atoms. The molecule has 7 aromatic carbocycles. The number of fused-ring (bicyclic) bond motifs is 1. The van der Waals surface area contributed by atoms with Crippen LogP contribution in [0.15, 0.2) is 170 Å². The number of benzene rings is 7. The first-order chi connectivity index (χ1) is 31.5. The van der Waals surface area contributed by atoms with Crippen molar-refractivity contribution in [1.29, 1.82) is 0 Å². The van der Waals surface area contributed by atoms with Crippen molar-refractivity contribution >= 4 is 11.0 Å². The van der Waals surface area contributed by atoms with Gasteiger partial charge in [-0.2, -0.15) is 0 Å². The van der Waals surface area contributed by atoms with Crippen LogP contribution in [0.5, 0.6) is 5.75 Å². The molecule has 0 fully saturated rings. The molecule has 0 saturated heterocycles. The van der Waals surface area contributed by atoms with E-state index < -0.39 is 12.7 Å². The Bertz CT molecular complexity index is 3220. The number of nitrogens with zero attached hydrogens (tertiary/aromatic N) is 3. The maximum absolute atomic E-state index is 11.6. The summed E-state index contributed by atoms with van der Waals surface area (Å²) in [5.74, 6) is -0.160. The normalized spacial score (nSPS) is 13.4. The van der Waals surface area contributed by atoms with E-state index in [1.807, 2.05) is 123 Å². The molecule has 2 aromatic heterocycles. The van der Waals surface area contributed by atoms with Gasteiger partial charge in [0.25, 0.3) is 0 Å². The zero-order valence-corrected chi connectivity index (χ0v) is 38.6. The number of aryl methyl sites for hydroxylation is 1. The molecule has 0 bridgehead atoms. The quantitative estimate of drug-likeness (QED) is 0.147. The van der Waals surface area contributed by atoms with Crippen LogP contribution in [-0.2, 0) is 26.5 Å². The van der Waals surface area contributed by atoms with Gasteiger partial charge in [-0.1, -0.05) is 180 Å². The summed E-state index contributed by atoms with van der Waals surface area (Å²) in [4.78, 5) is 10.2. The van der Waals surface area contributed by atoms with Gasteiger partial charge in [-0.05, 0) is 81.4 Å². The summed E-state index contributed by atoms with van der Waals surface area (Å²) in [5, 5.41) is 11.6. The van der Waals surface area contributed by atoms with E-state index >= 15 is 0 Å². The summed E-state index contributed by atoms with van der Waals surface area (Å²) in [5.41, 5.74) is 13.1. The van der Waals surface area contributed by atoms with Gasteiger partial charge in [0, 0.05) is 49.9 Å². The second-order valence-electron chi connectivity index (χ2n) is 17.4. The predicted octanol–water partition coefficient (Wildman–Crippen LogP) is 15.1. The Kier molecular flexibility index (Phi) is 10.8. The number of imidazole rings is 1. The van der Waals surface area contributed by atoms with E-state index in [0.717, 1.165) is 50.1 Å². The van der Waals surface area contributed by atoms with E-state index in [4.69, 9.17) is 14.1 Å². The Hall–Kier alpha value is -6.35. The number of phenols is 1. The molecule has 1 unspecified atom stereocenters. The van der Waals surface area contributed by atoms with Crippen molar-refractivity contribution in [3.8, 4) is 67.5 Å². The number of pyridine rings is 1. The largest absolute Gasteiger partial charge is 0.507 e. The van der Waals surface area contributed by atoms with Crippen molar-refractivity contribution in [3.05, 3.63) is 204 Å². The topological polar surface area (TPSA) is 50.9 Å². The van der Waals surface area contributed by atoms with Crippen molar-refractivity contribution in [1.82, 2.24) is 14.5 Å². The molecular formula is C58H52N3OPt-. The minimum atomic E-state index is -2.41. The number of hydrogen-bond acceptors (Lipinski definition) is 3. The van der Waals surface area contributed by atoms with Crippen molar-refractivity contribution in [2.75, 3.05) is 0 Å². The fraction of sp³-hybridized carbons (Fsp3) is 0.172. The SMILES string of the molecule is [2H]C([2H])([2H])c1cnc(-c2[c-]c(-c3cccc4c3nc(-c3cc(C(C)(C)C)ccc3O)n4-c3ccccc3-c3ccccc3)cc(C([2H])(C)C)c2)cc1-c1ccc(C(C)c2ccccc2)cc1.[Pt]. The van der Waals surface area contributed by atoms with Gasteiger partial charge >= 0.3 is 0 Å². The molecule has 0 amide bonds. The van der Waals surface area contributed by atoms with Crippen LogP contribution in [0.2, 0.25) is 0 Å². The fourth-order valence-corrected chi connectivity index (χ4v) is 8.32. The maximum atomic E-state index is 11.6. The van der Waals surface area contributed by atoms with Gasteiger partial charge in [-0.25, -0.2) is 4.98 Å². The second-order valence-corrected chi connectivity index (χ2v) is 17.4. The molecule has 9 rings (SSSR count). The van der Waals surface area contributed by atoms with Gasteiger partial charge in [0.15, 0.2) is 0 Å². The smallest absolute Gasteiger partial charge is 0.148 e. The first-order valence-corrected chi connectivity index (χ1v) is 21.2. The number of aromatic nitrogens is 3. The van der Waals surface area contributed by atoms with E-state index in [1.54, 1.807) is 6.07 Å². The third-order valence-corrected chi connectivity index (χ3v) is 12.0. The summed E-state index contributed by atoms with van der Waals surface area (Å²) in [7, 11) is 0. The van der Waals surface area contributed by atoms with Crippen LogP contribution < -0.4 is 0 Å². The average molecular weight is 1010 g/mol. The van der Waals surface area contributed by atoms with Crippen molar-refractivity contribution in [2.24, 2.45) is 0 Å². The Morgan fingerprint density at radius 1 is 0.635 bits per heavy atom. The van der Waals surface area contributed by atoms with E-state index in [0.29, 0.717) is 39.3 Å². The number of hydrogen-bond donors (Lipinski definition) is 1. The van der Waals surface area contributed by atoms with Crippen LogP contribution in [0.25, 0.3) is 72.7 Å². The van der Waals surface area contributed by atoms with Gasteiger partial charge in [-0.3, -0.25) is 9.55 Å². The zero-order valence-electron chi connectivity index (χ0n) is 40.3. The van der Waals surface area contributed by atoms with E-state index in [-0.39, 0.29) is 43.7 Å². The third-order valence-electron chi connectivity index (χ3n) is 12.0. The maximum Gasteiger partial charge on any atom is 0.148 e. The summed E-state index contributed by atoms with van der Waals surface area (Å²) < 4.78 is 36.9. The van der Waals surface area contributed by atoms with Crippen LogP contribution in [0.4, 0.5) is 0 Å². The van der Waals surface area contributed by atoms with Crippen molar-refractivity contribution in [3.63, 3.8) is 0 Å². The monoisotopic (exact) mass is 1010 g/mol. The molecule has 0 radical (unpaired) electrons. The Morgan fingerprint density at radius 3 is 2.00 bits per heavy atom. The van der Waals surface area contributed by atoms with Gasteiger partial charge in [0.1, 0.15) is 11.6 Å². The van der Waals surface area contributed by atoms with Gasteiger partial charge in [0.2, 0.25) is 0 Å². The molecule has 0 saturated carbocycles. The Morgan fingerprint density at radius 2 is 1.29 bits per heavy atom. The summed E-state index contributed by atoms with van der Waals surface area (Å²) in [6.45, 7) is 9.92. The van der Waals surface area contributed by atoms with Crippen LogP contribution >= 0.6 is 0 Å². The number of aromatic hydroxyl groups is 1. The minimum Gasteiger partial charge on any atom is -0.507 e. The third kappa shape index (κ3) is 8.58. The average Bonchev–Trinajstić information content (AvgIpc) is 3.70. The van der Waals surface area contributed by atoms with Crippen LogP contribution in [0, 0.1) is 12.9 Å². The molecule has 0 aliphatic rings. The molecule has 9 aromatic rings. The minimum absolute atomic E-state index is 0. The Labute approximate surface area is 392 Å². The van der Waals surface area contributed by atoms with E-state index in [2.05, 4.69) is 86.9 Å². The molecule has 0 aliphatic heterocycles. The second kappa shape index (κ2) is 17.8. The first kappa shape index (κ1) is 38.3. The number of phenolic OH excluding ortho intramolecular Hbond substituents is 1. The summed E-state index contributed by atoms with van der Waals surface area (Å²) >= 11 is 0. The van der Waals surface area contributed by atoms with Crippen LogP contribution in [0.3, 0.4) is 0 Å². The fourth-order valence-electron chi connectivity index (χ4n) is 8.32. The molecule has 0 aliphatic carbocycles. The van der Waals surface area contributed by atoms with E-state index in [1.165, 1.54) is 11.8 Å². The van der Waals surface area contributed by atoms with Crippen LogP contribution in [-0.4, -0.2) is 19.6 Å². The molecule has 1 atom stereocenters. The standard InChI is InChI=1S/C58H52N3O.Pt/c1-37(2)44-31-45(33-46(32-44)52-35-50(38(3)36-59-52)43-27-25-41(26-28-43)39(4)40-17-10-8-11-18-40)49-22-16-24-54-56(49)60-57(51-34-47(58(5,6)7)29-30-55(51)62)61(54)53-23-15-14-21-48(53)42-19-12-9-13-20-42;/h8-32,34-37,39,62H,1-7H3;/q-1;/i3D3,37D;. The summed E-state index contributed by atoms with van der Waals surface area (Å²) in [6, 6.07) is 58.2. The Balaban J connectivity index is 0.00000608. The molecule has 1 N–H and O–H groups in total. The molecular weight excluding hydrogens is 950 g/mol. The molecule has 2 heterocycles. The van der Waals surface area contributed by atoms with Gasteiger partial charge in [0.05, 0.1) is 22.3 Å². The van der Waals surface area contributed by atoms with Gasteiger partial charge < -0.3 is 5.11 Å². The molecule has 4 nitrogen and oxygen atoms in total.